The molecule has 1 heterocycles. The highest BCUT2D eigenvalue weighted by molar-refractivity contribution is 5.40. The molecule has 0 amide bonds. The van der Waals surface area contributed by atoms with Gasteiger partial charge in [0, 0.05) is 38.3 Å². The second-order valence-electron chi connectivity index (χ2n) is 6.13. The van der Waals surface area contributed by atoms with Crippen molar-refractivity contribution in [3.8, 4) is 11.5 Å². The molecule has 1 saturated carbocycles. The van der Waals surface area contributed by atoms with Crippen molar-refractivity contribution in [2.75, 3.05) is 40.4 Å². The maximum Gasteiger partial charge on any atom is 0.122 e. The standard InChI is InChI=1S/C17H26N2O2/c1-20-15-10-14(11-16(12-15)21-2)17(9-13-3-4-13)19-7-5-18-6-8-19/h10-13,17-18H,3-9H2,1-2H3/t17-/m1/s1. The highest BCUT2D eigenvalue weighted by Gasteiger charge is 2.30. The number of nitrogens with one attached hydrogen (secondary N) is 1. The number of hydrogen-bond donors (Lipinski definition) is 1. The molecular formula is C17H26N2O2. The normalized spacial score (nSPS) is 21.0. The van der Waals surface area contributed by atoms with Crippen LogP contribution < -0.4 is 14.8 Å². The number of methoxy groups -OCH3 is 2. The molecule has 116 valence electrons. The Labute approximate surface area is 127 Å². The fraction of sp³-hybridized carbons (Fsp3) is 0.647. The van der Waals surface area contributed by atoms with E-state index in [1.165, 1.54) is 24.8 Å². The van der Waals surface area contributed by atoms with Gasteiger partial charge in [0.15, 0.2) is 0 Å². The van der Waals surface area contributed by atoms with Gasteiger partial charge in [0.05, 0.1) is 14.2 Å². The first-order chi connectivity index (χ1) is 10.3. The maximum atomic E-state index is 5.44. The molecule has 1 aromatic rings. The van der Waals surface area contributed by atoms with Crippen molar-refractivity contribution in [2.45, 2.75) is 25.3 Å². The lowest BCUT2D eigenvalue weighted by Crippen LogP contribution is -2.45. The lowest BCUT2D eigenvalue weighted by molar-refractivity contribution is 0.160. The Balaban J connectivity index is 1.86. The van der Waals surface area contributed by atoms with Gasteiger partial charge in [0.1, 0.15) is 11.5 Å². The summed E-state index contributed by atoms with van der Waals surface area (Å²) in [5.74, 6) is 2.68. The van der Waals surface area contributed by atoms with E-state index < -0.39 is 0 Å². The van der Waals surface area contributed by atoms with E-state index in [1.54, 1.807) is 14.2 Å². The molecule has 1 atom stereocenters. The summed E-state index contributed by atoms with van der Waals surface area (Å²) >= 11 is 0. The van der Waals surface area contributed by atoms with Crippen molar-refractivity contribution in [2.24, 2.45) is 5.92 Å². The van der Waals surface area contributed by atoms with Crippen molar-refractivity contribution < 1.29 is 9.47 Å². The third-order valence-corrected chi connectivity index (χ3v) is 4.60. The van der Waals surface area contributed by atoms with Crippen LogP contribution >= 0.6 is 0 Å². The molecule has 1 N–H and O–H groups in total. The van der Waals surface area contributed by atoms with Gasteiger partial charge >= 0.3 is 0 Å². The molecule has 4 heteroatoms. The van der Waals surface area contributed by atoms with E-state index in [2.05, 4.69) is 22.3 Å². The van der Waals surface area contributed by atoms with E-state index in [-0.39, 0.29) is 0 Å². The SMILES string of the molecule is COc1cc(OC)cc([C@@H](CC2CC2)N2CCNCC2)c1. The number of hydrogen-bond acceptors (Lipinski definition) is 4. The molecule has 0 aromatic heterocycles. The fourth-order valence-electron chi connectivity index (χ4n) is 3.18. The summed E-state index contributed by atoms with van der Waals surface area (Å²) in [5.41, 5.74) is 1.33. The van der Waals surface area contributed by atoms with Crippen molar-refractivity contribution in [3.05, 3.63) is 23.8 Å². The van der Waals surface area contributed by atoms with Gasteiger partial charge in [-0.25, -0.2) is 0 Å². The topological polar surface area (TPSA) is 33.7 Å². The summed E-state index contributed by atoms with van der Waals surface area (Å²) in [6.45, 7) is 4.42. The Kier molecular flexibility index (Phi) is 4.66. The highest BCUT2D eigenvalue weighted by atomic mass is 16.5. The van der Waals surface area contributed by atoms with Crippen LogP contribution in [0.1, 0.15) is 30.9 Å². The predicted molar refractivity (Wildman–Crippen MR) is 84.1 cm³/mol. The first kappa shape index (κ1) is 14.7. The molecule has 0 spiro atoms. The molecule has 1 aliphatic carbocycles. The summed E-state index contributed by atoms with van der Waals surface area (Å²) in [5, 5.41) is 3.44. The summed E-state index contributed by atoms with van der Waals surface area (Å²) in [6, 6.07) is 6.80. The second-order valence-corrected chi connectivity index (χ2v) is 6.13. The molecule has 1 aromatic carbocycles. The van der Waals surface area contributed by atoms with Crippen LogP contribution in [0.5, 0.6) is 11.5 Å². The van der Waals surface area contributed by atoms with Crippen LogP contribution in [0, 0.1) is 5.92 Å². The average molecular weight is 290 g/mol. The third-order valence-electron chi connectivity index (χ3n) is 4.60. The number of benzene rings is 1. The Hall–Kier alpha value is -1.26. The van der Waals surface area contributed by atoms with Gasteiger partial charge in [-0.1, -0.05) is 12.8 Å². The van der Waals surface area contributed by atoms with Crippen LogP contribution in [0.3, 0.4) is 0 Å². The number of ether oxygens (including phenoxy) is 2. The second kappa shape index (κ2) is 6.67. The van der Waals surface area contributed by atoms with Crippen LogP contribution in [0.15, 0.2) is 18.2 Å². The zero-order valence-corrected chi connectivity index (χ0v) is 13.1. The van der Waals surface area contributed by atoms with Crippen molar-refractivity contribution in [1.82, 2.24) is 10.2 Å². The number of nitrogens with zero attached hydrogens (tertiary/aromatic N) is 1. The zero-order valence-electron chi connectivity index (χ0n) is 13.1. The van der Waals surface area contributed by atoms with Gasteiger partial charge in [-0.2, -0.15) is 0 Å². The van der Waals surface area contributed by atoms with Gasteiger partial charge in [0.2, 0.25) is 0 Å². The van der Waals surface area contributed by atoms with Crippen LogP contribution in [0.2, 0.25) is 0 Å². The van der Waals surface area contributed by atoms with E-state index in [0.29, 0.717) is 6.04 Å². The minimum atomic E-state index is 0.489. The van der Waals surface area contributed by atoms with Crippen LogP contribution in [-0.2, 0) is 0 Å². The Bertz CT molecular complexity index is 446. The molecule has 4 nitrogen and oxygen atoms in total. The van der Waals surface area contributed by atoms with E-state index in [0.717, 1.165) is 43.6 Å². The smallest absolute Gasteiger partial charge is 0.122 e. The average Bonchev–Trinajstić information content (AvgIpc) is 3.37. The monoisotopic (exact) mass is 290 g/mol. The quantitative estimate of drug-likeness (QED) is 0.872. The summed E-state index contributed by atoms with van der Waals surface area (Å²) in [7, 11) is 3.44. The molecule has 3 rings (SSSR count). The van der Waals surface area contributed by atoms with E-state index >= 15 is 0 Å². The minimum absolute atomic E-state index is 0.489. The first-order valence-corrected chi connectivity index (χ1v) is 7.98. The third kappa shape index (κ3) is 3.69. The fourth-order valence-corrected chi connectivity index (χ4v) is 3.18. The van der Waals surface area contributed by atoms with Gasteiger partial charge in [-0.05, 0) is 30.0 Å². The Morgan fingerprint density at radius 2 is 1.71 bits per heavy atom. The molecule has 1 aliphatic heterocycles. The summed E-state index contributed by atoms with van der Waals surface area (Å²) < 4.78 is 10.9. The Morgan fingerprint density at radius 3 is 2.24 bits per heavy atom. The van der Waals surface area contributed by atoms with Gasteiger partial charge in [-0.3, -0.25) is 4.90 Å². The number of piperazine rings is 1. The van der Waals surface area contributed by atoms with Gasteiger partial charge in [0.25, 0.3) is 0 Å². The van der Waals surface area contributed by atoms with E-state index in [9.17, 15) is 0 Å². The molecule has 0 unspecified atom stereocenters. The molecule has 2 fully saturated rings. The van der Waals surface area contributed by atoms with Crippen LogP contribution in [0.4, 0.5) is 0 Å². The largest absolute Gasteiger partial charge is 0.497 e. The van der Waals surface area contributed by atoms with E-state index in [1.807, 2.05) is 6.07 Å². The number of rotatable bonds is 6. The molecule has 21 heavy (non-hydrogen) atoms. The van der Waals surface area contributed by atoms with Crippen molar-refractivity contribution in [1.29, 1.82) is 0 Å². The van der Waals surface area contributed by atoms with Gasteiger partial charge < -0.3 is 14.8 Å². The summed E-state index contributed by atoms with van der Waals surface area (Å²) in [6.07, 6.45) is 4.05. The molecule has 1 saturated heterocycles. The zero-order chi connectivity index (χ0) is 14.7. The highest BCUT2D eigenvalue weighted by Crippen LogP contribution is 2.41. The molecule has 2 aliphatic rings. The van der Waals surface area contributed by atoms with Crippen LogP contribution in [-0.4, -0.2) is 45.3 Å². The lowest BCUT2D eigenvalue weighted by Gasteiger charge is -2.35. The van der Waals surface area contributed by atoms with Crippen LogP contribution in [0.25, 0.3) is 0 Å². The van der Waals surface area contributed by atoms with Crippen molar-refractivity contribution >= 4 is 0 Å². The van der Waals surface area contributed by atoms with E-state index in [4.69, 9.17) is 9.47 Å². The lowest BCUT2D eigenvalue weighted by atomic mass is 9.98. The maximum absolute atomic E-state index is 5.44. The predicted octanol–water partition coefficient (Wildman–Crippen LogP) is 2.45. The minimum Gasteiger partial charge on any atom is -0.497 e. The van der Waals surface area contributed by atoms with Gasteiger partial charge in [-0.15, -0.1) is 0 Å². The summed E-state index contributed by atoms with van der Waals surface area (Å²) in [4.78, 5) is 2.61. The van der Waals surface area contributed by atoms with Crippen molar-refractivity contribution in [3.63, 3.8) is 0 Å². The molecular weight excluding hydrogens is 264 g/mol. The molecule has 0 bridgehead atoms. The Morgan fingerprint density at radius 1 is 1.10 bits per heavy atom. The molecule has 0 radical (unpaired) electrons. The first-order valence-electron chi connectivity index (χ1n) is 7.98.